The third kappa shape index (κ3) is 4.44. The van der Waals surface area contributed by atoms with Gasteiger partial charge in [0, 0.05) is 6.42 Å². The van der Waals surface area contributed by atoms with Crippen molar-refractivity contribution >= 4 is 0 Å². The molecular weight excluding hydrogens is 240 g/mol. The first-order chi connectivity index (χ1) is 9.04. The Bertz CT molecular complexity index is 502. The summed E-state index contributed by atoms with van der Waals surface area (Å²) >= 11 is 0. The van der Waals surface area contributed by atoms with E-state index in [4.69, 9.17) is 0 Å². The van der Waals surface area contributed by atoms with Crippen molar-refractivity contribution in [2.45, 2.75) is 45.3 Å². The van der Waals surface area contributed by atoms with Crippen molar-refractivity contribution < 1.29 is 5.11 Å². The Balaban J connectivity index is 1.88. The van der Waals surface area contributed by atoms with Crippen LogP contribution in [0.2, 0.25) is 0 Å². The number of aromatic nitrogens is 4. The highest BCUT2D eigenvalue weighted by molar-refractivity contribution is 5.14. The smallest absolute Gasteiger partial charge is 0.151 e. The van der Waals surface area contributed by atoms with Gasteiger partial charge in [-0.2, -0.15) is 0 Å². The fourth-order valence-corrected chi connectivity index (χ4v) is 1.99. The van der Waals surface area contributed by atoms with Crippen LogP contribution in [0.25, 0.3) is 0 Å². The molecule has 0 amide bonds. The van der Waals surface area contributed by atoms with E-state index in [1.54, 1.807) is 18.5 Å². The van der Waals surface area contributed by atoms with Crippen molar-refractivity contribution in [2.24, 2.45) is 0 Å². The molecule has 0 aliphatic rings. The number of hydrogen-bond acceptors (Lipinski definition) is 4. The van der Waals surface area contributed by atoms with E-state index >= 15 is 0 Å². The lowest BCUT2D eigenvalue weighted by Crippen LogP contribution is -2.28. The van der Waals surface area contributed by atoms with Crippen LogP contribution in [-0.2, 0) is 19.4 Å². The highest BCUT2D eigenvalue weighted by atomic mass is 16.3. The minimum absolute atomic E-state index is 0.417. The molecule has 2 rings (SSSR count). The minimum atomic E-state index is -0.802. The zero-order valence-corrected chi connectivity index (χ0v) is 11.5. The van der Waals surface area contributed by atoms with Gasteiger partial charge in [-0.05, 0) is 42.7 Å². The Morgan fingerprint density at radius 3 is 2.58 bits per heavy atom. The molecular formula is C14H20N4O. The van der Waals surface area contributed by atoms with Gasteiger partial charge in [0.15, 0.2) is 5.82 Å². The van der Waals surface area contributed by atoms with Crippen LogP contribution in [0.15, 0.2) is 30.3 Å². The quantitative estimate of drug-likeness (QED) is 0.857. The van der Waals surface area contributed by atoms with Crippen LogP contribution in [0, 0.1) is 0 Å². The van der Waals surface area contributed by atoms with E-state index < -0.39 is 5.60 Å². The summed E-state index contributed by atoms with van der Waals surface area (Å²) in [6.45, 7) is 3.92. The maximum absolute atomic E-state index is 9.80. The lowest BCUT2D eigenvalue weighted by Gasteiger charge is -2.17. The van der Waals surface area contributed by atoms with Crippen LogP contribution in [0.5, 0.6) is 0 Å². The van der Waals surface area contributed by atoms with Gasteiger partial charge >= 0.3 is 0 Å². The van der Waals surface area contributed by atoms with Crippen LogP contribution in [0.1, 0.15) is 31.7 Å². The van der Waals surface area contributed by atoms with Gasteiger partial charge in [0.1, 0.15) is 0 Å². The Labute approximate surface area is 113 Å². The van der Waals surface area contributed by atoms with Crippen LogP contribution in [0.4, 0.5) is 0 Å². The SMILES string of the molecule is CC(C)(O)Cn1nnnc1CCCc1ccccc1. The van der Waals surface area contributed by atoms with Crippen molar-refractivity contribution in [1.82, 2.24) is 20.2 Å². The number of tetrazole rings is 1. The summed E-state index contributed by atoms with van der Waals surface area (Å²) < 4.78 is 1.69. The molecule has 5 heteroatoms. The van der Waals surface area contributed by atoms with E-state index in [0.717, 1.165) is 25.1 Å². The number of aliphatic hydroxyl groups is 1. The predicted molar refractivity (Wildman–Crippen MR) is 72.6 cm³/mol. The van der Waals surface area contributed by atoms with Gasteiger partial charge in [-0.15, -0.1) is 5.10 Å². The van der Waals surface area contributed by atoms with E-state index in [2.05, 4.69) is 27.7 Å². The molecule has 1 aromatic heterocycles. The number of benzene rings is 1. The van der Waals surface area contributed by atoms with E-state index in [0.29, 0.717) is 6.54 Å². The highest BCUT2D eigenvalue weighted by Gasteiger charge is 2.17. The lowest BCUT2D eigenvalue weighted by molar-refractivity contribution is 0.0561. The molecule has 1 aromatic carbocycles. The Hall–Kier alpha value is -1.75. The standard InChI is InChI=1S/C14H20N4O/c1-14(2,19)11-18-13(15-16-17-18)10-6-9-12-7-4-3-5-8-12/h3-5,7-8,19H,6,9-11H2,1-2H3. The monoisotopic (exact) mass is 260 g/mol. The molecule has 0 saturated heterocycles. The van der Waals surface area contributed by atoms with Crippen molar-refractivity contribution in [2.75, 3.05) is 0 Å². The first-order valence-electron chi connectivity index (χ1n) is 6.56. The molecule has 0 aliphatic carbocycles. The normalized spacial score (nSPS) is 11.7. The second-order valence-electron chi connectivity index (χ2n) is 5.40. The molecule has 2 aromatic rings. The molecule has 1 N–H and O–H groups in total. The van der Waals surface area contributed by atoms with Gasteiger partial charge in [0.25, 0.3) is 0 Å². The second kappa shape index (κ2) is 5.93. The summed E-state index contributed by atoms with van der Waals surface area (Å²) in [5.74, 6) is 0.832. The van der Waals surface area contributed by atoms with E-state index in [9.17, 15) is 5.11 Å². The highest BCUT2D eigenvalue weighted by Crippen LogP contribution is 2.09. The third-order valence-corrected chi connectivity index (χ3v) is 2.85. The average molecular weight is 260 g/mol. The van der Waals surface area contributed by atoms with E-state index in [-0.39, 0.29) is 0 Å². The van der Waals surface area contributed by atoms with E-state index in [1.165, 1.54) is 5.56 Å². The summed E-state index contributed by atoms with van der Waals surface area (Å²) in [7, 11) is 0. The summed E-state index contributed by atoms with van der Waals surface area (Å²) in [4.78, 5) is 0. The van der Waals surface area contributed by atoms with Crippen LogP contribution >= 0.6 is 0 Å². The van der Waals surface area contributed by atoms with E-state index in [1.807, 2.05) is 18.2 Å². The molecule has 102 valence electrons. The number of rotatable bonds is 6. The molecule has 5 nitrogen and oxygen atoms in total. The molecule has 1 heterocycles. The first-order valence-corrected chi connectivity index (χ1v) is 6.56. The second-order valence-corrected chi connectivity index (χ2v) is 5.40. The maximum atomic E-state index is 9.80. The van der Waals surface area contributed by atoms with Crippen molar-refractivity contribution in [1.29, 1.82) is 0 Å². The zero-order chi connectivity index (χ0) is 13.7. The molecule has 0 atom stereocenters. The molecule has 0 bridgehead atoms. The van der Waals surface area contributed by atoms with Crippen molar-refractivity contribution in [3.05, 3.63) is 41.7 Å². The fourth-order valence-electron chi connectivity index (χ4n) is 1.99. The van der Waals surface area contributed by atoms with Gasteiger partial charge in [-0.3, -0.25) is 0 Å². The Morgan fingerprint density at radius 1 is 1.16 bits per heavy atom. The predicted octanol–water partition coefficient (Wildman–Crippen LogP) is 1.62. The molecule has 0 unspecified atom stereocenters. The average Bonchev–Trinajstić information content (AvgIpc) is 2.76. The topological polar surface area (TPSA) is 63.8 Å². The maximum Gasteiger partial charge on any atom is 0.151 e. The summed E-state index contributed by atoms with van der Waals surface area (Å²) in [5.41, 5.74) is 0.521. The lowest BCUT2D eigenvalue weighted by atomic mass is 10.1. The number of nitrogens with zero attached hydrogens (tertiary/aromatic N) is 4. The molecule has 19 heavy (non-hydrogen) atoms. The van der Waals surface area contributed by atoms with Gasteiger partial charge in [-0.25, -0.2) is 4.68 Å². The molecule has 0 spiro atoms. The van der Waals surface area contributed by atoms with Gasteiger partial charge < -0.3 is 5.11 Å². The van der Waals surface area contributed by atoms with Gasteiger partial charge in [0.2, 0.25) is 0 Å². The fraction of sp³-hybridized carbons (Fsp3) is 0.500. The van der Waals surface area contributed by atoms with Crippen LogP contribution in [0.3, 0.4) is 0 Å². The third-order valence-electron chi connectivity index (χ3n) is 2.85. The summed E-state index contributed by atoms with van der Waals surface area (Å²) in [6, 6.07) is 10.4. The molecule has 0 aliphatic heterocycles. The number of aryl methyl sites for hydroxylation is 2. The molecule has 0 radical (unpaired) electrons. The van der Waals surface area contributed by atoms with Gasteiger partial charge in [0.05, 0.1) is 12.1 Å². The molecule has 0 fully saturated rings. The Morgan fingerprint density at radius 2 is 1.89 bits per heavy atom. The van der Waals surface area contributed by atoms with Gasteiger partial charge in [-0.1, -0.05) is 30.3 Å². The summed E-state index contributed by atoms with van der Waals surface area (Å²) in [6.07, 6.45) is 2.82. The number of hydrogen-bond donors (Lipinski definition) is 1. The molecule has 0 saturated carbocycles. The first kappa shape index (κ1) is 13.7. The Kier molecular flexibility index (Phi) is 4.27. The van der Waals surface area contributed by atoms with Crippen LogP contribution in [-0.4, -0.2) is 30.9 Å². The zero-order valence-electron chi connectivity index (χ0n) is 11.5. The minimum Gasteiger partial charge on any atom is -0.389 e. The summed E-state index contributed by atoms with van der Waals surface area (Å²) in [5, 5.41) is 21.4. The van der Waals surface area contributed by atoms with Crippen LogP contribution < -0.4 is 0 Å². The van der Waals surface area contributed by atoms with Crippen molar-refractivity contribution in [3.8, 4) is 0 Å². The van der Waals surface area contributed by atoms with Crippen molar-refractivity contribution in [3.63, 3.8) is 0 Å². The largest absolute Gasteiger partial charge is 0.389 e.